The fourth-order valence-corrected chi connectivity index (χ4v) is 4.37. The van der Waals surface area contributed by atoms with Gasteiger partial charge in [-0.3, -0.25) is 33.7 Å². The molecule has 0 aromatic carbocycles. The highest BCUT2D eigenvalue weighted by Crippen LogP contribution is 2.26. The molecule has 0 spiro atoms. The van der Waals surface area contributed by atoms with Crippen LogP contribution in [0.4, 0.5) is 0 Å². The number of carboxylic acid groups (broad SMARTS) is 2. The number of thioether (sulfide) groups is 1. The second-order valence-electron chi connectivity index (χ2n) is 7.91. The Morgan fingerprint density at radius 1 is 1.14 bits per heavy atom. The number of nitrogens with one attached hydrogen (secondary N) is 2. The maximum Gasteiger partial charge on any atom is 0.322 e. The normalized spacial score (nSPS) is 17.2. The van der Waals surface area contributed by atoms with Crippen molar-refractivity contribution in [3.05, 3.63) is 0 Å². The quantitative estimate of drug-likeness (QED) is 0.0667. The van der Waals surface area contributed by atoms with Gasteiger partial charge in [-0.15, -0.1) is 11.8 Å². The number of carbonyl (C=O) groups excluding carboxylic acids is 4. The summed E-state index contributed by atoms with van der Waals surface area (Å²) in [6.07, 6.45) is 2.56. The van der Waals surface area contributed by atoms with Crippen molar-refractivity contribution in [2.75, 3.05) is 25.4 Å². The zero-order chi connectivity index (χ0) is 26.4. The van der Waals surface area contributed by atoms with Crippen LogP contribution >= 0.6 is 11.8 Å². The first-order chi connectivity index (χ1) is 16.6. The van der Waals surface area contributed by atoms with Gasteiger partial charge in [0.1, 0.15) is 18.6 Å². The molecule has 35 heavy (non-hydrogen) atoms. The number of nitrogens with two attached hydrogens (primary N) is 2. The topological polar surface area (TPSA) is 231 Å². The van der Waals surface area contributed by atoms with E-state index in [1.54, 1.807) is 0 Å². The first kappa shape index (κ1) is 30.3. The zero-order valence-electron chi connectivity index (χ0n) is 19.3. The standard InChI is InChI=1S/C20H33N5O9S/c21-12(20(32)33)5-6-15(26)24-13(18(30)23-10-17(28)29)11-35-14-9-16(27)25(19(14)31)7-3-1-2-4-8-34-22/h12-14H,1-11,21-22H2,(H,23,30)(H,24,26)(H,28,29)(H,32,33)/t12?,13-,14?/m0/s1. The molecule has 0 radical (unpaired) electrons. The number of aliphatic carboxylic acids is 2. The molecule has 198 valence electrons. The van der Waals surface area contributed by atoms with Crippen LogP contribution in [0, 0.1) is 0 Å². The number of carboxylic acids is 2. The number of nitrogens with zero attached hydrogens (tertiary/aromatic N) is 1. The predicted molar refractivity (Wildman–Crippen MR) is 124 cm³/mol. The van der Waals surface area contributed by atoms with Crippen molar-refractivity contribution in [1.29, 1.82) is 0 Å². The second-order valence-corrected chi connectivity index (χ2v) is 9.15. The van der Waals surface area contributed by atoms with E-state index >= 15 is 0 Å². The van der Waals surface area contributed by atoms with Gasteiger partial charge in [-0.2, -0.15) is 0 Å². The lowest BCUT2D eigenvalue weighted by Gasteiger charge is -2.20. The van der Waals surface area contributed by atoms with Crippen LogP contribution in [0.1, 0.15) is 44.9 Å². The largest absolute Gasteiger partial charge is 0.480 e. The number of imide groups is 1. The van der Waals surface area contributed by atoms with Crippen LogP contribution in [0.5, 0.6) is 0 Å². The average molecular weight is 520 g/mol. The summed E-state index contributed by atoms with van der Waals surface area (Å²) in [7, 11) is 0. The molecule has 14 nitrogen and oxygen atoms in total. The van der Waals surface area contributed by atoms with Crippen LogP contribution in [0.15, 0.2) is 0 Å². The van der Waals surface area contributed by atoms with Gasteiger partial charge in [-0.25, -0.2) is 5.90 Å². The number of likely N-dealkylation sites (tertiary alicyclic amines) is 1. The smallest absolute Gasteiger partial charge is 0.322 e. The Labute approximate surface area is 206 Å². The molecule has 0 bridgehead atoms. The van der Waals surface area contributed by atoms with Crippen molar-refractivity contribution in [1.82, 2.24) is 15.5 Å². The second kappa shape index (κ2) is 16.0. The highest BCUT2D eigenvalue weighted by molar-refractivity contribution is 8.00. The minimum absolute atomic E-state index is 0.0462. The van der Waals surface area contributed by atoms with E-state index in [9.17, 15) is 28.8 Å². The minimum atomic E-state index is -1.29. The van der Waals surface area contributed by atoms with Gasteiger partial charge < -0.3 is 31.4 Å². The molecule has 1 aliphatic rings. The Morgan fingerprint density at radius 2 is 1.83 bits per heavy atom. The first-order valence-electron chi connectivity index (χ1n) is 11.1. The van der Waals surface area contributed by atoms with Crippen LogP contribution in [0.2, 0.25) is 0 Å². The molecule has 1 aliphatic heterocycles. The van der Waals surface area contributed by atoms with Gasteiger partial charge in [0.05, 0.1) is 11.9 Å². The fourth-order valence-electron chi connectivity index (χ4n) is 3.18. The molecule has 4 amide bonds. The van der Waals surface area contributed by atoms with Crippen LogP contribution in [-0.2, 0) is 33.6 Å². The maximum atomic E-state index is 12.7. The van der Waals surface area contributed by atoms with E-state index in [4.69, 9.17) is 21.8 Å². The summed E-state index contributed by atoms with van der Waals surface area (Å²) in [5.41, 5.74) is 5.37. The van der Waals surface area contributed by atoms with E-state index in [1.807, 2.05) is 0 Å². The van der Waals surface area contributed by atoms with Crippen molar-refractivity contribution < 1.29 is 43.8 Å². The molecular formula is C20H33N5O9S. The van der Waals surface area contributed by atoms with Gasteiger partial charge in [-0.05, 0) is 19.3 Å². The van der Waals surface area contributed by atoms with Crippen molar-refractivity contribution >= 4 is 47.3 Å². The van der Waals surface area contributed by atoms with Crippen LogP contribution in [0.25, 0.3) is 0 Å². The summed E-state index contributed by atoms with van der Waals surface area (Å²) in [6, 6.07) is -2.45. The Bertz CT molecular complexity index is 782. The lowest BCUT2D eigenvalue weighted by molar-refractivity contribution is -0.140. The van der Waals surface area contributed by atoms with Gasteiger partial charge in [0.25, 0.3) is 0 Å². The number of unbranched alkanes of at least 4 members (excludes halogenated alkanes) is 3. The summed E-state index contributed by atoms with van der Waals surface area (Å²) in [5, 5.41) is 21.4. The van der Waals surface area contributed by atoms with Gasteiger partial charge in [0.2, 0.25) is 23.6 Å². The number of rotatable bonds is 18. The summed E-state index contributed by atoms with van der Waals surface area (Å²) < 4.78 is 0. The van der Waals surface area contributed by atoms with E-state index in [0.717, 1.165) is 31.0 Å². The van der Waals surface area contributed by atoms with E-state index in [-0.39, 0.29) is 43.4 Å². The summed E-state index contributed by atoms with van der Waals surface area (Å²) >= 11 is 1.01. The highest BCUT2D eigenvalue weighted by atomic mass is 32.2. The van der Waals surface area contributed by atoms with Crippen molar-refractivity contribution in [2.24, 2.45) is 11.6 Å². The number of carbonyl (C=O) groups is 6. The third kappa shape index (κ3) is 11.5. The predicted octanol–water partition coefficient (Wildman–Crippen LogP) is -1.82. The number of amides is 4. The Hall–Kier alpha value is -2.75. The molecule has 15 heteroatoms. The van der Waals surface area contributed by atoms with Crippen LogP contribution < -0.4 is 22.3 Å². The summed E-state index contributed by atoms with van der Waals surface area (Å²) in [6.45, 7) is 0.0392. The molecule has 2 unspecified atom stereocenters. The zero-order valence-corrected chi connectivity index (χ0v) is 20.1. The Kier molecular flexibility index (Phi) is 13.9. The molecule has 3 atom stereocenters. The SMILES string of the molecule is NOCCCCCCN1C(=O)CC(SC[C@H](NC(=O)CCC(N)C(=O)O)C(=O)NCC(=O)O)C1=O. The average Bonchev–Trinajstić information content (AvgIpc) is 3.07. The molecule has 0 saturated carbocycles. The molecule has 1 fully saturated rings. The van der Waals surface area contributed by atoms with Crippen LogP contribution in [-0.4, -0.2) is 93.5 Å². The van der Waals surface area contributed by atoms with Gasteiger partial charge in [0, 0.05) is 25.1 Å². The molecule has 8 N–H and O–H groups in total. The monoisotopic (exact) mass is 519 g/mol. The van der Waals surface area contributed by atoms with Gasteiger partial charge in [0.15, 0.2) is 0 Å². The summed E-state index contributed by atoms with van der Waals surface area (Å²) in [5.74, 6) is 0.148. The van der Waals surface area contributed by atoms with Gasteiger partial charge >= 0.3 is 11.9 Å². The van der Waals surface area contributed by atoms with Crippen molar-refractivity contribution in [3.8, 4) is 0 Å². The molecule has 0 aromatic rings. The third-order valence-corrected chi connectivity index (χ3v) is 6.42. The van der Waals surface area contributed by atoms with E-state index < -0.39 is 47.6 Å². The molecule has 1 rings (SSSR count). The van der Waals surface area contributed by atoms with E-state index in [2.05, 4.69) is 15.5 Å². The molecular weight excluding hydrogens is 486 g/mol. The van der Waals surface area contributed by atoms with E-state index in [1.165, 1.54) is 4.90 Å². The van der Waals surface area contributed by atoms with Gasteiger partial charge in [-0.1, -0.05) is 12.8 Å². The third-order valence-electron chi connectivity index (χ3n) is 5.13. The molecule has 1 saturated heterocycles. The molecule has 0 aromatic heterocycles. The fraction of sp³-hybridized carbons (Fsp3) is 0.700. The first-order valence-corrected chi connectivity index (χ1v) is 12.2. The van der Waals surface area contributed by atoms with E-state index in [0.29, 0.717) is 13.0 Å². The molecule has 1 heterocycles. The van der Waals surface area contributed by atoms with Crippen LogP contribution in [0.3, 0.4) is 0 Å². The number of hydrogen-bond acceptors (Lipinski definition) is 10. The lowest BCUT2D eigenvalue weighted by Crippen LogP contribution is -2.50. The Balaban J connectivity index is 2.64. The minimum Gasteiger partial charge on any atom is -0.480 e. The van der Waals surface area contributed by atoms with Crippen molar-refractivity contribution in [2.45, 2.75) is 62.3 Å². The maximum absolute atomic E-state index is 12.7. The molecule has 0 aliphatic carbocycles. The lowest BCUT2D eigenvalue weighted by atomic mass is 10.1. The summed E-state index contributed by atoms with van der Waals surface area (Å²) in [4.78, 5) is 76.7. The highest BCUT2D eigenvalue weighted by Gasteiger charge is 2.39. The number of hydrogen-bond donors (Lipinski definition) is 6. The van der Waals surface area contributed by atoms with Crippen molar-refractivity contribution in [3.63, 3.8) is 0 Å². The Morgan fingerprint density at radius 3 is 2.46 bits per heavy atom.